The van der Waals surface area contributed by atoms with Crippen molar-refractivity contribution in [2.75, 3.05) is 0 Å². The average Bonchev–Trinajstić information content (AvgIpc) is 2.94. The van der Waals surface area contributed by atoms with Crippen LogP contribution in [0.1, 0.15) is 5.56 Å². The Hall–Kier alpha value is -2.06. The van der Waals surface area contributed by atoms with E-state index in [0.717, 1.165) is 16.9 Å². The number of nitriles is 1. The summed E-state index contributed by atoms with van der Waals surface area (Å²) in [7, 11) is 1.91. The molecule has 0 saturated carbocycles. The second-order valence-corrected chi connectivity index (χ2v) is 4.70. The fourth-order valence-electron chi connectivity index (χ4n) is 1.91. The number of rotatable bonds is 1. The van der Waals surface area contributed by atoms with Crippen molar-refractivity contribution in [2.24, 2.45) is 7.05 Å². The molecule has 0 spiro atoms. The predicted octanol–water partition coefficient (Wildman–Crippen LogP) is 3.47. The van der Waals surface area contributed by atoms with E-state index in [1.54, 1.807) is 6.07 Å². The third-order valence-corrected chi connectivity index (χ3v) is 3.23. The summed E-state index contributed by atoms with van der Waals surface area (Å²) in [5.74, 6) is 1.44. The van der Waals surface area contributed by atoms with Gasteiger partial charge in [0.15, 0.2) is 16.3 Å². The maximum absolute atomic E-state index is 8.91. The predicted molar refractivity (Wildman–Crippen MR) is 70.8 cm³/mol. The first-order valence-corrected chi connectivity index (χ1v) is 6.10. The monoisotopic (exact) mass is 301 g/mol. The SMILES string of the molecule is Cn1c(-c2ccc(Br)o2)nc2ccc(C#N)cc21. The van der Waals surface area contributed by atoms with Crippen molar-refractivity contribution < 1.29 is 4.42 Å². The Kier molecular flexibility index (Phi) is 2.46. The van der Waals surface area contributed by atoms with Crippen molar-refractivity contribution in [3.8, 4) is 17.7 Å². The van der Waals surface area contributed by atoms with E-state index < -0.39 is 0 Å². The highest BCUT2D eigenvalue weighted by Crippen LogP contribution is 2.27. The maximum atomic E-state index is 8.91. The quantitative estimate of drug-likeness (QED) is 0.691. The lowest BCUT2D eigenvalue weighted by molar-refractivity contribution is 0.549. The molecule has 0 unspecified atom stereocenters. The molecule has 2 aromatic heterocycles. The lowest BCUT2D eigenvalue weighted by atomic mass is 10.2. The molecule has 0 atom stereocenters. The molecule has 0 radical (unpaired) electrons. The van der Waals surface area contributed by atoms with Crippen LogP contribution in [0.25, 0.3) is 22.6 Å². The van der Waals surface area contributed by atoms with Crippen molar-refractivity contribution in [1.29, 1.82) is 5.26 Å². The molecule has 2 heterocycles. The van der Waals surface area contributed by atoms with Crippen molar-refractivity contribution in [2.45, 2.75) is 0 Å². The second-order valence-electron chi connectivity index (χ2n) is 3.91. The van der Waals surface area contributed by atoms with Crippen LogP contribution in [-0.4, -0.2) is 9.55 Å². The summed E-state index contributed by atoms with van der Waals surface area (Å²) in [4.78, 5) is 4.51. The summed E-state index contributed by atoms with van der Waals surface area (Å²) < 4.78 is 8.09. The Labute approximate surface area is 112 Å². The fourth-order valence-corrected chi connectivity index (χ4v) is 2.22. The molecule has 0 bridgehead atoms. The largest absolute Gasteiger partial charge is 0.446 e. The van der Waals surface area contributed by atoms with Gasteiger partial charge in [0, 0.05) is 7.05 Å². The lowest BCUT2D eigenvalue weighted by Gasteiger charge is -1.98. The number of hydrogen-bond acceptors (Lipinski definition) is 3. The van der Waals surface area contributed by atoms with Crippen LogP contribution in [0, 0.1) is 11.3 Å². The van der Waals surface area contributed by atoms with E-state index in [0.29, 0.717) is 16.0 Å². The number of benzene rings is 1. The summed E-state index contributed by atoms with van der Waals surface area (Å²) in [5.41, 5.74) is 2.38. The van der Waals surface area contributed by atoms with E-state index in [1.807, 2.05) is 35.9 Å². The van der Waals surface area contributed by atoms with Crippen LogP contribution in [0.15, 0.2) is 39.4 Å². The van der Waals surface area contributed by atoms with Crippen LogP contribution in [0.3, 0.4) is 0 Å². The molecule has 0 fully saturated rings. The molecule has 88 valence electrons. The number of aryl methyl sites for hydroxylation is 1. The normalized spacial score (nSPS) is 10.7. The summed E-state index contributed by atoms with van der Waals surface area (Å²) in [5, 5.41) is 8.91. The summed E-state index contributed by atoms with van der Waals surface area (Å²) in [6.07, 6.45) is 0. The highest BCUT2D eigenvalue weighted by Gasteiger charge is 2.13. The average molecular weight is 302 g/mol. The second kappa shape index (κ2) is 4.00. The van der Waals surface area contributed by atoms with Crippen molar-refractivity contribution >= 4 is 27.0 Å². The third kappa shape index (κ3) is 1.62. The van der Waals surface area contributed by atoms with Crippen molar-refractivity contribution in [1.82, 2.24) is 9.55 Å². The van der Waals surface area contributed by atoms with Gasteiger partial charge >= 0.3 is 0 Å². The minimum atomic E-state index is 0.623. The fraction of sp³-hybridized carbons (Fsp3) is 0.0769. The van der Waals surface area contributed by atoms with Crippen molar-refractivity contribution in [3.63, 3.8) is 0 Å². The summed E-state index contributed by atoms with van der Waals surface area (Å²) in [6.45, 7) is 0. The zero-order chi connectivity index (χ0) is 12.7. The van der Waals surface area contributed by atoms with Gasteiger partial charge in [0.1, 0.15) is 0 Å². The number of hydrogen-bond donors (Lipinski definition) is 0. The summed E-state index contributed by atoms with van der Waals surface area (Å²) in [6, 6.07) is 11.2. The molecule has 0 N–H and O–H groups in total. The highest BCUT2D eigenvalue weighted by atomic mass is 79.9. The Balaban J connectivity index is 2.26. The van der Waals surface area contributed by atoms with Gasteiger partial charge in [-0.05, 0) is 46.3 Å². The van der Waals surface area contributed by atoms with Crippen LogP contribution in [0.2, 0.25) is 0 Å². The Morgan fingerprint density at radius 1 is 1.33 bits per heavy atom. The van der Waals surface area contributed by atoms with Crippen LogP contribution >= 0.6 is 15.9 Å². The number of aromatic nitrogens is 2. The number of nitrogens with zero attached hydrogens (tertiary/aromatic N) is 3. The molecular formula is C13H8BrN3O. The molecule has 0 amide bonds. The van der Waals surface area contributed by atoms with Gasteiger partial charge in [-0.25, -0.2) is 4.98 Å². The number of fused-ring (bicyclic) bond motifs is 1. The van der Waals surface area contributed by atoms with E-state index in [4.69, 9.17) is 9.68 Å². The van der Waals surface area contributed by atoms with Crippen LogP contribution < -0.4 is 0 Å². The topological polar surface area (TPSA) is 54.8 Å². The van der Waals surface area contributed by atoms with Crippen LogP contribution in [-0.2, 0) is 7.05 Å². The van der Waals surface area contributed by atoms with Gasteiger partial charge in [0.2, 0.25) is 0 Å². The van der Waals surface area contributed by atoms with Gasteiger partial charge in [0.05, 0.1) is 22.7 Å². The Morgan fingerprint density at radius 2 is 2.17 bits per heavy atom. The van der Waals surface area contributed by atoms with Gasteiger partial charge in [-0.1, -0.05) is 0 Å². The molecule has 4 nitrogen and oxygen atoms in total. The van der Waals surface area contributed by atoms with Crippen LogP contribution in [0.5, 0.6) is 0 Å². The molecule has 0 saturated heterocycles. The lowest BCUT2D eigenvalue weighted by Crippen LogP contribution is -1.91. The molecule has 5 heteroatoms. The van der Waals surface area contributed by atoms with Gasteiger partial charge in [-0.2, -0.15) is 5.26 Å². The summed E-state index contributed by atoms with van der Waals surface area (Å²) >= 11 is 3.27. The van der Waals surface area contributed by atoms with Crippen LogP contribution in [0.4, 0.5) is 0 Å². The van der Waals surface area contributed by atoms with E-state index >= 15 is 0 Å². The first-order chi connectivity index (χ1) is 8.69. The van der Waals surface area contributed by atoms with Gasteiger partial charge in [-0.15, -0.1) is 0 Å². The molecule has 3 rings (SSSR count). The minimum absolute atomic E-state index is 0.623. The third-order valence-electron chi connectivity index (χ3n) is 2.80. The molecule has 0 aliphatic heterocycles. The van der Waals surface area contributed by atoms with Crippen molar-refractivity contribution in [3.05, 3.63) is 40.6 Å². The zero-order valence-corrected chi connectivity index (χ0v) is 11.1. The smallest absolute Gasteiger partial charge is 0.177 e. The molecule has 3 aromatic rings. The Morgan fingerprint density at radius 3 is 2.83 bits per heavy atom. The highest BCUT2D eigenvalue weighted by molar-refractivity contribution is 9.10. The van der Waals surface area contributed by atoms with E-state index in [2.05, 4.69) is 27.0 Å². The maximum Gasteiger partial charge on any atom is 0.177 e. The molecule has 0 aliphatic carbocycles. The number of imidazole rings is 1. The minimum Gasteiger partial charge on any atom is -0.446 e. The van der Waals surface area contributed by atoms with E-state index in [1.165, 1.54) is 0 Å². The molecule has 18 heavy (non-hydrogen) atoms. The Bertz CT molecular complexity index is 779. The number of halogens is 1. The molecule has 1 aromatic carbocycles. The first kappa shape index (κ1) is 11.1. The first-order valence-electron chi connectivity index (χ1n) is 5.31. The molecule has 0 aliphatic rings. The van der Waals surface area contributed by atoms with Gasteiger partial charge < -0.3 is 8.98 Å². The van der Waals surface area contributed by atoms with Gasteiger partial charge in [0.25, 0.3) is 0 Å². The van der Waals surface area contributed by atoms with Gasteiger partial charge in [-0.3, -0.25) is 0 Å². The molecular weight excluding hydrogens is 294 g/mol. The van der Waals surface area contributed by atoms with E-state index in [-0.39, 0.29) is 0 Å². The zero-order valence-electron chi connectivity index (χ0n) is 9.51. The van der Waals surface area contributed by atoms with E-state index in [9.17, 15) is 0 Å². The number of furan rings is 1. The standard InChI is InChI=1S/C13H8BrN3O/c1-17-10-6-8(7-15)2-3-9(10)16-13(17)11-4-5-12(14)18-11/h2-6H,1H3.